The fourth-order valence-corrected chi connectivity index (χ4v) is 1.53. The summed E-state index contributed by atoms with van der Waals surface area (Å²) in [7, 11) is 1.72. The van der Waals surface area contributed by atoms with Gasteiger partial charge in [0.05, 0.1) is 0 Å². The van der Waals surface area contributed by atoms with Crippen LogP contribution in [-0.4, -0.2) is 25.4 Å². The molecule has 0 aliphatic heterocycles. The van der Waals surface area contributed by atoms with Gasteiger partial charge < -0.3 is 9.84 Å². The van der Waals surface area contributed by atoms with Crippen LogP contribution in [0.25, 0.3) is 0 Å². The van der Waals surface area contributed by atoms with Gasteiger partial charge in [-0.05, 0) is 24.7 Å². The summed E-state index contributed by atoms with van der Waals surface area (Å²) in [5.74, 6) is 0. The van der Waals surface area contributed by atoms with Gasteiger partial charge in [0.25, 0.3) is 0 Å². The summed E-state index contributed by atoms with van der Waals surface area (Å²) >= 11 is 0. The lowest BCUT2D eigenvalue weighted by Crippen LogP contribution is -2.21. The zero-order valence-electron chi connectivity index (χ0n) is 8.60. The Bertz CT molecular complexity index is 104. The highest BCUT2D eigenvalue weighted by Crippen LogP contribution is 2.28. The third-order valence-electron chi connectivity index (χ3n) is 2.36. The molecule has 12 heavy (non-hydrogen) atoms. The Kier molecular flexibility index (Phi) is 6.39. The Balaban J connectivity index is 3.63. The van der Waals surface area contributed by atoms with Crippen LogP contribution in [0.4, 0.5) is 0 Å². The van der Waals surface area contributed by atoms with Crippen molar-refractivity contribution < 1.29 is 9.84 Å². The van der Waals surface area contributed by atoms with Crippen molar-refractivity contribution in [2.75, 3.05) is 20.3 Å². The average Bonchev–Trinajstić information content (AvgIpc) is 2.06. The molecule has 0 spiro atoms. The van der Waals surface area contributed by atoms with Crippen LogP contribution in [0.15, 0.2) is 0 Å². The Hall–Kier alpha value is -0.0800. The molecule has 0 aliphatic rings. The second kappa shape index (κ2) is 6.44. The fraction of sp³-hybridized carbons (Fsp3) is 1.00. The van der Waals surface area contributed by atoms with Crippen LogP contribution >= 0.6 is 0 Å². The maximum Gasteiger partial charge on any atom is 0.0484 e. The minimum atomic E-state index is 0.118. The molecule has 2 heteroatoms. The maximum absolute atomic E-state index is 9.17. The van der Waals surface area contributed by atoms with E-state index in [1.807, 2.05) is 0 Å². The zero-order chi connectivity index (χ0) is 9.45. The standard InChI is InChI=1S/C10H22O2/c1-4-6-10(2,9-11)7-5-8-12-3/h11H,4-9H2,1-3H3. The SMILES string of the molecule is CCCC(C)(CO)CCCOC. The van der Waals surface area contributed by atoms with E-state index in [2.05, 4.69) is 13.8 Å². The van der Waals surface area contributed by atoms with Gasteiger partial charge in [-0.2, -0.15) is 0 Å². The lowest BCUT2D eigenvalue weighted by molar-refractivity contribution is 0.104. The first-order valence-corrected chi connectivity index (χ1v) is 4.78. The van der Waals surface area contributed by atoms with Crippen molar-refractivity contribution in [2.45, 2.75) is 39.5 Å². The summed E-state index contributed by atoms with van der Waals surface area (Å²) in [6, 6.07) is 0. The van der Waals surface area contributed by atoms with Gasteiger partial charge in [0.15, 0.2) is 0 Å². The van der Waals surface area contributed by atoms with Crippen LogP contribution in [0, 0.1) is 5.41 Å². The molecule has 1 unspecified atom stereocenters. The first kappa shape index (κ1) is 11.9. The summed E-state index contributed by atoms with van der Waals surface area (Å²) in [6.07, 6.45) is 4.36. The van der Waals surface area contributed by atoms with Crippen molar-refractivity contribution in [3.05, 3.63) is 0 Å². The summed E-state index contributed by atoms with van der Waals surface area (Å²) in [5.41, 5.74) is 0.118. The van der Waals surface area contributed by atoms with Gasteiger partial charge in [0.2, 0.25) is 0 Å². The van der Waals surface area contributed by atoms with Gasteiger partial charge in [-0.1, -0.05) is 20.3 Å². The molecule has 0 aromatic rings. The van der Waals surface area contributed by atoms with Gasteiger partial charge >= 0.3 is 0 Å². The summed E-state index contributed by atoms with van der Waals surface area (Å²) in [5, 5.41) is 9.17. The molecule has 0 rings (SSSR count). The van der Waals surface area contributed by atoms with Crippen LogP contribution in [0.1, 0.15) is 39.5 Å². The molecule has 0 fully saturated rings. The molecule has 0 amide bonds. The molecule has 0 aromatic carbocycles. The van der Waals surface area contributed by atoms with E-state index in [0.29, 0.717) is 6.61 Å². The number of aliphatic hydroxyl groups excluding tert-OH is 1. The Labute approximate surface area is 75.9 Å². The minimum absolute atomic E-state index is 0.118. The van der Waals surface area contributed by atoms with E-state index in [9.17, 15) is 5.11 Å². The predicted octanol–water partition coefficient (Wildman–Crippen LogP) is 2.21. The van der Waals surface area contributed by atoms with E-state index in [1.54, 1.807) is 7.11 Å². The van der Waals surface area contributed by atoms with Gasteiger partial charge in [-0.25, -0.2) is 0 Å². The molecule has 0 radical (unpaired) electrons. The molecular formula is C10H22O2. The number of ether oxygens (including phenoxy) is 1. The van der Waals surface area contributed by atoms with E-state index < -0.39 is 0 Å². The first-order valence-electron chi connectivity index (χ1n) is 4.78. The van der Waals surface area contributed by atoms with Gasteiger partial charge in [0.1, 0.15) is 0 Å². The molecule has 0 saturated heterocycles. The van der Waals surface area contributed by atoms with Crippen molar-refractivity contribution >= 4 is 0 Å². The molecule has 1 atom stereocenters. The van der Waals surface area contributed by atoms with Crippen LogP contribution < -0.4 is 0 Å². The molecular weight excluding hydrogens is 152 g/mol. The van der Waals surface area contributed by atoms with E-state index >= 15 is 0 Å². The molecule has 0 heterocycles. The topological polar surface area (TPSA) is 29.5 Å². The molecule has 0 saturated carbocycles. The van der Waals surface area contributed by atoms with E-state index in [-0.39, 0.29) is 5.41 Å². The van der Waals surface area contributed by atoms with Crippen molar-refractivity contribution in [3.8, 4) is 0 Å². The van der Waals surface area contributed by atoms with Crippen LogP contribution in [0.2, 0.25) is 0 Å². The van der Waals surface area contributed by atoms with Crippen molar-refractivity contribution in [2.24, 2.45) is 5.41 Å². The highest BCUT2D eigenvalue weighted by atomic mass is 16.5. The highest BCUT2D eigenvalue weighted by Gasteiger charge is 2.21. The normalized spacial score (nSPS) is 16.0. The molecule has 0 aromatic heterocycles. The average molecular weight is 174 g/mol. The van der Waals surface area contributed by atoms with E-state index in [4.69, 9.17) is 4.74 Å². The van der Waals surface area contributed by atoms with Crippen molar-refractivity contribution in [1.82, 2.24) is 0 Å². The van der Waals surface area contributed by atoms with Crippen LogP contribution in [0.3, 0.4) is 0 Å². The molecule has 1 N–H and O–H groups in total. The van der Waals surface area contributed by atoms with Gasteiger partial charge in [0, 0.05) is 20.3 Å². The highest BCUT2D eigenvalue weighted by molar-refractivity contribution is 4.72. The lowest BCUT2D eigenvalue weighted by Gasteiger charge is -2.26. The van der Waals surface area contributed by atoms with Crippen molar-refractivity contribution in [1.29, 1.82) is 0 Å². The maximum atomic E-state index is 9.17. The van der Waals surface area contributed by atoms with E-state index in [1.165, 1.54) is 0 Å². The Morgan fingerprint density at radius 3 is 2.42 bits per heavy atom. The van der Waals surface area contributed by atoms with Crippen molar-refractivity contribution in [3.63, 3.8) is 0 Å². The number of hydrogen-bond donors (Lipinski definition) is 1. The largest absolute Gasteiger partial charge is 0.396 e. The third-order valence-corrected chi connectivity index (χ3v) is 2.36. The van der Waals surface area contributed by atoms with Crippen LogP contribution in [0.5, 0.6) is 0 Å². The molecule has 0 aliphatic carbocycles. The number of methoxy groups -OCH3 is 1. The number of rotatable bonds is 7. The van der Waals surface area contributed by atoms with E-state index in [0.717, 1.165) is 32.3 Å². The quantitative estimate of drug-likeness (QED) is 0.600. The Morgan fingerprint density at radius 1 is 1.33 bits per heavy atom. The monoisotopic (exact) mass is 174 g/mol. The number of aliphatic hydroxyl groups is 1. The second-order valence-corrected chi connectivity index (χ2v) is 3.82. The molecule has 74 valence electrons. The summed E-state index contributed by atoms with van der Waals surface area (Å²) in [4.78, 5) is 0. The molecule has 2 nitrogen and oxygen atoms in total. The molecule has 0 bridgehead atoms. The predicted molar refractivity (Wildman–Crippen MR) is 51.2 cm³/mol. The minimum Gasteiger partial charge on any atom is -0.396 e. The lowest BCUT2D eigenvalue weighted by atomic mass is 9.82. The smallest absolute Gasteiger partial charge is 0.0484 e. The van der Waals surface area contributed by atoms with Gasteiger partial charge in [-0.3, -0.25) is 0 Å². The third kappa shape index (κ3) is 4.73. The first-order chi connectivity index (χ1) is 5.68. The zero-order valence-corrected chi connectivity index (χ0v) is 8.60. The fourth-order valence-electron chi connectivity index (χ4n) is 1.53. The van der Waals surface area contributed by atoms with Gasteiger partial charge in [-0.15, -0.1) is 0 Å². The van der Waals surface area contributed by atoms with Crippen LogP contribution in [-0.2, 0) is 4.74 Å². The summed E-state index contributed by atoms with van der Waals surface area (Å²) < 4.78 is 4.98. The number of hydrogen-bond acceptors (Lipinski definition) is 2. The Morgan fingerprint density at radius 2 is 2.00 bits per heavy atom. The second-order valence-electron chi connectivity index (χ2n) is 3.82. The summed E-state index contributed by atoms with van der Waals surface area (Å²) in [6.45, 7) is 5.40.